The molecule has 4 atom stereocenters. The van der Waals surface area contributed by atoms with Crippen LogP contribution in [0, 0.1) is 11.2 Å². The van der Waals surface area contributed by atoms with Gasteiger partial charge in [-0.3, -0.25) is 10.4 Å². The summed E-state index contributed by atoms with van der Waals surface area (Å²) >= 11 is 6.29. The van der Waals surface area contributed by atoms with Crippen LogP contribution >= 0.6 is 11.6 Å². The number of aromatic nitrogens is 2. The first-order chi connectivity index (χ1) is 21.6. The van der Waals surface area contributed by atoms with E-state index in [9.17, 15) is 5.11 Å². The Kier molecular flexibility index (Phi) is 10.7. The lowest BCUT2D eigenvalue weighted by molar-refractivity contribution is 0.186. The molecule has 5 rings (SSSR count). The SMILES string of the molecule is C=Cc1cc(N2C=c3cc(-c4cc(CCC[C@H](C)N)cc(Cl)c4F)[nH]c3=NC2O)cnc1[C@@H]1CCCC[C@@H](CCNC(C)=N)N1. The van der Waals surface area contributed by atoms with Crippen molar-refractivity contribution < 1.29 is 9.50 Å². The second kappa shape index (κ2) is 14.7. The van der Waals surface area contributed by atoms with E-state index in [4.69, 9.17) is 27.7 Å². The molecule has 1 saturated heterocycles. The average molecular weight is 635 g/mol. The summed E-state index contributed by atoms with van der Waals surface area (Å²) in [6, 6.07) is 7.78. The fourth-order valence-corrected chi connectivity index (χ4v) is 6.41. The molecular formula is C34H44ClFN8O. The van der Waals surface area contributed by atoms with Crippen molar-refractivity contribution in [2.75, 3.05) is 11.4 Å². The zero-order chi connectivity index (χ0) is 32.1. The number of rotatable bonds is 11. The lowest BCUT2D eigenvalue weighted by Gasteiger charge is -2.27. The molecule has 2 aromatic heterocycles. The van der Waals surface area contributed by atoms with Gasteiger partial charge in [-0.1, -0.05) is 37.1 Å². The van der Waals surface area contributed by atoms with E-state index in [1.54, 1.807) is 36.4 Å². The van der Waals surface area contributed by atoms with Gasteiger partial charge in [0.15, 0.2) is 5.82 Å². The Balaban J connectivity index is 1.39. The standard InChI is InChI=1S/C34H44ClFN8O/c1-4-23-16-26(18-40-32(23)29-11-6-5-10-25(41-29)12-13-39-21(3)38)44-19-24-17-30(42-33(24)43-34(44)45)27-14-22(9-7-8-20(2)37)15-28(35)31(27)36/h4,14-20,25,29,34,41,45H,1,5-13,37H2,2-3H3,(H2,38,39)(H,42,43)/t20-,25-,29-,34?/m0/s1. The number of H-pyrrole nitrogens is 1. The number of halogens is 2. The minimum absolute atomic E-state index is 0.0641. The van der Waals surface area contributed by atoms with Crippen LogP contribution in [-0.2, 0) is 6.42 Å². The molecule has 0 amide bonds. The third kappa shape index (κ3) is 7.99. The number of nitrogens with two attached hydrogens (primary N) is 1. The molecule has 0 spiro atoms. The summed E-state index contributed by atoms with van der Waals surface area (Å²) < 4.78 is 15.2. The summed E-state index contributed by atoms with van der Waals surface area (Å²) in [4.78, 5) is 14.1. The van der Waals surface area contributed by atoms with Crippen LogP contribution in [-0.4, -0.2) is 45.9 Å². The van der Waals surface area contributed by atoms with Gasteiger partial charge in [0, 0.05) is 35.6 Å². The summed E-state index contributed by atoms with van der Waals surface area (Å²) in [6.45, 7) is 8.54. The van der Waals surface area contributed by atoms with Crippen molar-refractivity contribution in [1.29, 1.82) is 5.41 Å². The Bertz CT molecular complexity index is 1650. The van der Waals surface area contributed by atoms with E-state index in [2.05, 4.69) is 27.2 Å². The maximum absolute atomic E-state index is 15.2. The number of anilines is 1. The molecule has 1 fully saturated rings. The van der Waals surface area contributed by atoms with E-state index in [0.29, 0.717) is 39.5 Å². The number of aryl methyl sites for hydroxylation is 1. The van der Waals surface area contributed by atoms with Crippen LogP contribution in [0.3, 0.4) is 0 Å². The quantitative estimate of drug-likeness (QED) is 0.131. The van der Waals surface area contributed by atoms with Crippen molar-refractivity contribution in [3.05, 3.63) is 75.4 Å². The smallest absolute Gasteiger partial charge is 0.231 e. The first-order valence-corrected chi connectivity index (χ1v) is 16.2. The van der Waals surface area contributed by atoms with E-state index in [1.807, 2.05) is 25.1 Å². The van der Waals surface area contributed by atoms with Crippen LogP contribution in [0.5, 0.6) is 0 Å². The van der Waals surface area contributed by atoms with Crippen molar-refractivity contribution >= 4 is 35.4 Å². The molecule has 240 valence electrons. The summed E-state index contributed by atoms with van der Waals surface area (Å²) in [5, 5.41) is 26.3. The van der Waals surface area contributed by atoms with Gasteiger partial charge < -0.3 is 31.4 Å². The number of aliphatic hydroxyl groups excluding tert-OH is 1. The first kappa shape index (κ1) is 32.8. The topological polar surface area (TPSA) is 138 Å². The van der Waals surface area contributed by atoms with Crippen LogP contribution in [0.15, 0.2) is 42.0 Å². The number of benzene rings is 1. The van der Waals surface area contributed by atoms with Gasteiger partial charge >= 0.3 is 0 Å². The lowest BCUT2D eigenvalue weighted by Crippen LogP contribution is -2.41. The molecule has 9 nitrogen and oxygen atoms in total. The number of nitrogens with zero attached hydrogens (tertiary/aromatic N) is 3. The van der Waals surface area contributed by atoms with Gasteiger partial charge in [-0.2, -0.15) is 0 Å². The zero-order valence-corrected chi connectivity index (χ0v) is 26.8. The van der Waals surface area contributed by atoms with Crippen molar-refractivity contribution in [3.8, 4) is 11.3 Å². The Morgan fingerprint density at radius 2 is 2.11 bits per heavy atom. The lowest BCUT2D eigenvalue weighted by atomic mass is 10.0. The Morgan fingerprint density at radius 1 is 1.31 bits per heavy atom. The third-order valence-electron chi connectivity index (χ3n) is 8.50. The highest BCUT2D eigenvalue weighted by molar-refractivity contribution is 6.31. The van der Waals surface area contributed by atoms with E-state index >= 15 is 4.39 Å². The summed E-state index contributed by atoms with van der Waals surface area (Å²) in [5.41, 5.74) is 10.7. The molecule has 0 bridgehead atoms. The summed E-state index contributed by atoms with van der Waals surface area (Å²) in [5.74, 6) is -0.0261. The maximum Gasteiger partial charge on any atom is 0.231 e. The number of fused-ring (bicyclic) bond motifs is 1. The minimum Gasteiger partial charge on any atom is -0.374 e. The molecule has 2 aliphatic rings. The number of nitrogens with one attached hydrogen (secondary N) is 4. The van der Waals surface area contributed by atoms with Crippen molar-refractivity contribution in [2.45, 2.75) is 89.7 Å². The highest BCUT2D eigenvalue weighted by atomic mass is 35.5. The highest BCUT2D eigenvalue weighted by Crippen LogP contribution is 2.31. The number of aromatic amines is 1. The van der Waals surface area contributed by atoms with Crippen LogP contribution in [0.2, 0.25) is 5.02 Å². The molecule has 4 heterocycles. The van der Waals surface area contributed by atoms with Crippen LogP contribution in [0.25, 0.3) is 23.5 Å². The van der Waals surface area contributed by atoms with Gasteiger partial charge in [-0.15, -0.1) is 0 Å². The number of aliphatic hydroxyl groups is 1. The summed E-state index contributed by atoms with van der Waals surface area (Å²) in [7, 11) is 0. The van der Waals surface area contributed by atoms with E-state index < -0.39 is 12.2 Å². The van der Waals surface area contributed by atoms with Gasteiger partial charge in [0.1, 0.15) is 5.49 Å². The molecule has 7 N–H and O–H groups in total. The third-order valence-corrected chi connectivity index (χ3v) is 8.77. The Labute approximate surface area is 269 Å². The molecule has 1 unspecified atom stereocenters. The van der Waals surface area contributed by atoms with Crippen molar-refractivity contribution in [2.24, 2.45) is 10.7 Å². The summed E-state index contributed by atoms with van der Waals surface area (Å²) in [6.07, 6.45) is 11.9. The number of amidine groups is 1. The first-order valence-electron chi connectivity index (χ1n) is 15.8. The average Bonchev–Trinajstić information content (AvgIpc) is 3.26. The molecule has 0 aliphatic carbocycles. The van der Waals surface area contributed by atoms with Crippen molar-refractivity contribution in [3.63, 3.8) is 0 Å². The number of hydrogen-bond donors (Lipinski definition) is 6. The fraction of sp³-hybridized carbons (Fsp3) is 0.441. The molecule has 11 heteroatoms. The highest BCUT2D eigenvalue weighted by Gasteiger charge is 2.25. The second-order valence-electron chi connectivity index (χ2n) is 12.2. The van der Waals surface area contributed by atoms with Crippen LogP contribution < -0.4 is 32.0 Å². The van der Waals surface area contributed by atoms with Crippen LogP contribution in [0.4, 0.5) is 10.1 Å². The number of pyridine rings is 1. The Morgan fingerprint density at radius 3 is 2.87 bits per heavy atom. The van der Waals surface area contributed by atoms with Gasteiger partial charge in [0.05, 0.1) is 40.2 Å². The van der Waals surface area contributed by atoms with Gasteiger partial charge in [0.2, 0.25) is 6.35 Å². The predicted octanol–water partition coefficient (Wildman–Crippen LogP) is 4.89. The molecule has 0 saturated carbocycles. The molecule has 45 heavy (non-hydrogen) atoms. The molecule has 3 aromatic rings. The molecule has 0 radical (unpaired) electrons. The van der Waals surface area contributed by atoms with E-state index in [-0.39, 0.29) is 17.1 Å². The molecule has 1 aromatic carbocycles. The monoisotopic (exact) mass is 634 g/mol. The largest absolute Gasteiger partial charge is 0.374 e. The van der Waals surface area contributed by atoms with Crippen molar-refractivity contribution in [1.82, 2.24) is 20.6 Å². The number of hydrogen-bond acceptors (Lipinski definition) is 7. The van der Waals surface area contributed by atoms with E-state index in [1.165, 1.54) is 0 Å². The molecular weight excluding hydrogens is 591 g/mol. The van der Waals surface area contributed by atoms with Gasteiger partial charge in [-0.05, 0) is 87.8 Å². The van der Waals surface area contributed by atoms with Gasteiger partial charge in [-0.25, -0.2) is 9.38 Å². The normalized spacial score (nSPS) is 20.4. The Hall–Kier alpha value is -3.57. The maximum atomic E-state index is 15.2. The predicted molar refractivity (Wildman–Crippen MR) is 180 cm³/mol. The van der Waals surface area contributed by atoms with Crippen LogP contribution in [0.1, 0.15) is 81.7 Å². The second-order valence-corrected chi connectivity index (χ2v) is 12.6. The van der Waals surface area contributed by atoms with Gasteiger partial charge in [0.25, 0.3) is 0 Å². The minimum atomic E-state index is -1.20. The zero-order valence-electron chi connectivity index (χ0n) is 26.0. The van der Waals surface area contributed by atoms with E-state index in [0.717, 1.165) is 74.7 Å². The fourth-order valence-electron chi connectivity index (χ4n) is 6.17. The molecule has 2 aliphatic heterocycles.